The van der Waals surface area contributed by atoms with E-state index < -0.39 is 11.7 Å². The van der Waals surface area contributed by atoms with Gasteiger partial charge in [-0.1, -0.05) is 36.4 Å². The Morgan fingerprint density at radius 2 is 1.41 bits per heavy atom. The summed E-state index contributed by atoms with van der Waals surface area (Å²) in [5, 5.41) is 5.92. The van der Waals surface area contributed by atoms with E-state index in [1.807, 2.05) is 42.5 Å². The summed E-state index contributed by atoms with van der Waals surface area (Å²) in [4.78, 5) is 12.1. The maximum absolute atomic E-state index is 12.7. The number of carbonyl (C=O) groups is 1. The first-order valence-electron chi connectivity index (χ1n) is 8.28. The molecule has 0 saturated heterocycles. The van der Waals surface area contributed by atoms with Gasteiger partial charge >= 0.3 is 6.18 Å². The zero-order valence-corrected chi connectivity index (χ0v) is 14.3. The lowest BCUT2D eigenvalue weighted by Gasteiger charge is -2.10. The van der Waals surface area contributed by atoms with Crippen LogP contribution in [0.4, 0.5) is 30.2 Å². The van der Waals surface area contributed by atoms with Crippen molar-refractivity contribution in [1.29, 1.82) is 0 Å². The van der Waals surface area contributed by atoms with Crippen LogP contribution in [-0.4, -0.2) is 5.91 Å². The minimum absolute atomic E-state index is 0.131. The quantitative estimate of drug-likeness (QED) is 0.611. The molecule has 0 heterocycles. The summed E-state index contributed by atoms with van der Waals surface area (Å²) < 4.78 is 38.2. The predicted octanol–water partition coefficient (Wildman–Crippen LogP) is 5.63. The van der Waals surface area contributed by atoms with Gasteiger partial charge < -0.3 is 10.6 Å². The van der Waals surface area contributed by atoms with Crippen LogP contribution in [0.3, 0.4) is 0 Å². The lowest BCUT2D eigenvalue weighted by Crippen LogP contribution is -2.15. The molecule has 0 aliphatic carbocycles. The summed E-state index contributed by atoms with van der Waals surface area (Å²) in [6.45, 7) is 0. The number of para-hydroxylation sites is 1. The first kappa shape index (κ1) is 18.5. The molecular weight excluding hydrogens is 353 g/mol. The van der Waals surface area contributed by atoms with Gasteiger partial charge in [-0.15, -0.1) is 0 Å². The van der Waals surface area contributed by atoms with E-state index in [4.69, 9.17) is 0 Å². The third-order valence-corrected chi connectivity index (χ3v) is 3.85. The fourth-order valence-electron chi connectivity index (χ4n) is 2.57. The molecule has 0 fully saturated rings. The van der Waals surface area contributed by atoms with E-state index in [9.17, 15) is 18.0 Å². The first-order valence-corrected chi connectivity index (χ1v) is 8.28. The molecule has 1 amide bonds. The molecule has 0 spiro atoms. The Balaban J connectivity index is 1.60. The van der Waals surface area contributed by atoms with Gasteiger partial charge in [0.15, 0.2) is 0 Å². The molecule has 0 radical (unpaired) electrons. The molecule has 0 aliphatic heterocycles. The molecule has 0 aromatic heterocycles. The molecule has 0 bridgehead atoms. The van der Waals surface area contributed by atoms with Crippen LogP contribution in [0, 0.1) is 0 Å². The summed E-state index contributed by atoms with van der Waals surface area (Å²) in [5.74, 6) is -0.377. The first-order chi connectivity index (χ1) is 12.9. The molecule has 3 nitrogen and oxygen atoms in total. The van der Waals surface area contributed by atoms with Crippen LogP contribution in [0.25, 0.3) is 0 Å². The average molecular weight is 370 g/mol. The number of nitrogens with one attached hydrogen (secondary N) is 2. The maximum Gasteiger partial charge on any atom is 0.416 e. The van der Waals surface area contributed by atoms with E-state index in [-0.39, 0.29) is 12.3 Å². The standard InChI is InChI=1S/C21H17F3N2O/c22-21(23,24)16-6-4-5-15(13-16)14-20(27)26-19-11-9-18(10-12-19)25-17-7-2-1-3-8-17/h1-13,25H,14H2,(H,26,27). The van der Waals surface area contributed by atoms with Crippen molar-refractivity contribution >= 4 is 23.0 Å². The third kappa shape index (κ3) is 5.34. The highest BCUT2D eigenvalue weighted by atomic mass is 19.4. The molecule has 3 rings (SSSR count). The van der Waals surface area contributed by atoms with Gasteiger partial charge in [-0.05, 0) is 48.0 Å². The smallest absolute Gasteiger partial charge is 0.356 e. The highest BCUT2D eigenvalue weighted by molar-refractivity contribution is 5.92. The second-order valence-electron chi connectivity index (χ2n) is 5.99. The van der Waals surface area contributed by atoms with Crippen molar-refractivity contribution in [3.05, 3.63) is 90.0 Å². The lowest BCUT2D eigenvalue weighted by atomic mass is 10.1. The van der Waals surface area contributed by atoms with Crippen molar-refractivity contribution < 1.29 is 18.0 Å². The molecule has 0 aliphatic rings. The SMILES string of the molecule is O=C(Cc1cccc(C(F)(F)F)c1)Nc1ccc(Nc2ccccc2)cc1. The number of amides is 1. The van der Waals surface area contributed by atoms with E-state index in [2.05, 4.69) is 10.6 Å². The Morgan fingerprint density at radius 1 is 0.778 bits per heavy atom. The van der Waals surface area contributed by atoms with Crippen LogP contribution >= 0.6 is 0 Å². The minimum atomic E-state index is -4.42. The van der Waals surface area contributed by atoms with Crippen LogP contribution in [0.5, 0.6) is 0 Å². The van der Waals surface area contributed by atoms with Crippen LogP contribution < -0.4 is 10.6 Å². The summed E-state index contributed by atoms with van der Waals surface area (Å²) in [7, 11) is 0. The average Bonchev–Trinajstić information content (AvgIpc) is 2.64. The van der Waals surface area contributed by atoms with E-state index >= 15 is 0 Å². The topological polar surface area (TPSA) is 41.1 Å². The number of anilines is 3. The third-order valence-electron chi connectivity index (χ3n) is 3.85. The van der Waals surface area contributed by atoms with Gasteiger partial charge in [0, 0.05) is 17.1 Å². The Bertz CT molecular complexity index is 907. The molecule has 27 heavy (non-hydrogen) atoms. The number of alkyl halides is 3. The van der Waals surface area contributed by atoms with Crippen molar-refractivity contribution in [2.75, 3.05) is 10.6 Å². The molecule has 6 heteroatoms. The van der Waals surface area contributed by atoms with Gasteiger partial charge in [0.05, 0.1) is 12.0 Å². The minimum Gasteiger partial charge on any atom is -0.356 e. The molecule has 138 valence electrons. The Hall–Kier alpha value is -3.28. The van der Waals surface area contributed by atoms with Crippen molar-refractivity contribution in [2.45, 2.75) is 12.6 Å². The zero-order valence-electron chi connectivity index (χ0n) is 14.3. The van der Waals surface area contributed by atoms with Crippen LogP contribution in [0.15, 0.2) is 78.9 Å². The van der Waals surface area contributed by atoms with Crippen LogP contribution in [-0.2, 0) is 17.4 Å². The lowest BCUT2D eigenvalue weighted by molar-refractivity contribution is -0.137. The summed E-state index contributed by atoms with van der Waals surface area (Å²) >= 11 is 0. The highest BCUT2D eigenvalue weighted by Gasteiger charge is 2.30. The van der Waals surface area contributed by atoms with Gasteiger partial charge in [0.2, 0.25) is 5.91 Å². The molecule has 0 unspecified atom stereocenters. The van der Waals surface area contributed by atoms with Crippen LogP contribution in [0.2, 0.25) is 0 Å². The van der Waals surface area contributed by atoms with Crippen molar-refractivity contribution in [3.8, 4) is 0 Å². The highest BCUT2D eigenvalue weighted by Crippen LogP contribution is 2.29. The molecule has 0 saturated carbocycles. The fourth-order valence-corrected chi connectivity index (χ4v) is 2.57. The van der Waals surface area contributed by atoms with E-state index in [1.165, 1.54) is 12.1 Å². The number of hydrogen-bond donors (Lipinski definition) is 2. The molecule has 2 N–H and O–H groups in total. The molecule has 0 atom stereocenters. The Labute approximate surface area is 154 Å². The molecule has 3 aromatic carbocycles. The number of carbonyl (C=O) groups excluding carboxylic acids is 1. The van der Waals surface area contributed by atoms with Crippen molar-refractivity contribution in [3.63, 3.8) is 0 Å². The summed E-state index contributed by atoms with van der Waals surface area (Å²) in [6.07, 6.45) is -4.55. The largest absolute Gasteiger partial charge is 0.416 e. The van der Waals surface area contributed by atoms with Gasteiger partial charge in [-0.3, -0.25) is 4.79 Å². The number of hydrogen-bond acceptors (Lipinski definition) is 2. The summed E-state index contributed by atoms with van der Waals surface area (Å²) in [6, 6.07) is 21.5. The van der Waals surface area contributed by atoms with Crippen molar-refractivity contribution in [2.24, 2.45) is 0 Å². The number of halogens is 3. The van der Waals surface area contributed by atoms with Gasteiger partial charge in [-0.2, -0.15) is 13.2 Å². The fraction of sp³-hybridized carbons (Fsp3) is 0.0952. The van der Waals surface area contributed by atoms with E-state index in [0.29, 0.717) is 11.3 Å². The van der Waals surface area contributed by atoms with Gasteiger partial charge in [-0.25, -0.2) is 0 Å². The number of benzene rings is 3. The maximum atomic E-state index is 12.7. The van der Waals surface area contributed by atoms with Gasteiger partial charge in [0.25, 0.3) is 0 Å². The summed E-state index contributed by atoms with van der Waals surface area (Å²) in [5.41, 5.74) is 1.93. The molecular formula is C21H17F3N2O. The molecule has 3 aromatic rings. The Morgan fingerprint density at radius 3 is 2.07 bits per heavy atom. The second-order valence-corrected chi connectivity index (χ2v) is 5.99. The van der Waals surface area contributed by atoms with Crippen molar-refractivity contribution in [1.82, 2.24) is 0 Å². The zero-order chi connectivity index (χ0) is 19.3. The van der Waals surface area contributed by atoms with E-state index in [0.717, 1.165) is 23.5 Å². The van der Waals surface area contributed by atoms with Crippen LogP contribution in [0.1, 0.15) is 11.1 Å². The van der Waals surface area contributed by atoms with E-state index in [1.54, 1.807) is 12.1 Å². The van der Waals surface area contributed by atoms with Gasteiger partial charge in [0.1, 0.15) is 0 Å². The number of rotatable bonds is 5. The normalized spacial score (nSPS) is 11.1. The monoisotopic (exact) mass is 370 g/mol. The predicted molar refractivity (Wildman–Crippen MR) is 99.9 cm³/mol. The Kier molecular flexibility index (Phi) is 5.45. The second kappa shape index (κ2) is 7.95.